The predicted molar refractivity (Wildman–Crippen MR) is 75.4 cm³/mol. The predicted octanol–water partition coefficient (Wildman–Crippen LogP) is 2.61. The number of ether oxygens (including phenoxy) is 1. The molecule has 1 rings (SSSR count). The third-order valence-corrected chi connectivity index (χ3v) is 3.63. The monoisotopic (exact) mass is 333 g/mol. The summed E-state index contributed by atoms with van der Waals surface area (Å²) in [6, 6.07) is 0. The third kappa shape index (κ3) is 4.93. The normalized spacial score (nSPS) is 18.8. The van der Waals surface area contributed by atoms with Gasteiger partial charge in [0.2, 0.25) is 11.5 Å². The molecule has 1 aliphatic carbocycles. The molecular weight excluding hydrogens is 314 g/mol. The summed E-state index contributed by atoms with van der Waals surface area (Å²) in [7, 11) is 0. The van der Waals surface area contributed by atoms with Crippen LogP contribution in [-0.2, 0) is 19.2 Å². The highest BCUT2D eigenvalue weighted by Gasteiger charge is 2.30. The summed E-state index contributed by atoms with van der Waals surface area (Å²) >= 11 is 3.02. The Balaban J connectivity index is 2.76. The SMILES string of the molecule is CCOC(=O)/C(=N\OC1(C)CCCCC1)C(=O)CBr. The van der Waals surface area contributed by atoms with E-state index in [-0.39, 0.29) is 23.2 Å². The smallest absolute Gasteiger partial charge is 0.364 e. The molecule has 0 atom stereocenters. The fraction of sp³-hybridized carbons (Fsp3) is 0.769. The fourth-order valence-electron chi connectivity index (χ4n) is 2.01. The number of carbonyl (C=O) groups excluding carboxylic acids is 2. The lowest BCUT2D eigenvalue weighted by molar-refractivity contribution is -0.136. The summed E-state index contributed by atoms with van der Waals surface area (Å²) in [6.45, 7) is 3.83. The van der Waals surface area contributed by atoms with Crippen LogP contribution in [0.15, 0.2) is 5.16 Å². The van der Waals surface area contributed by atoms with Crippen LogP contribution in [0.5, 0.6) is 0 Å². The number of oxime groups is 1. The topological polar surface area (TPSA) is 65.0 Å². The van der Waals surface area contributed by atoms with Gasteiger partial charge in [-0.1, -0.05) is 27.5 Å². The summed E-state index contributed by atoms with van der Waals surface area (Å²) in [5.41, 5.74) is -0.659. The summed E-state index contributed by atoms with van der Waals surface area (Å²) in [5, 5.41) is 3.79. The molecule has 5 nitrogen and oxygen atoms in total. The first kappa shape index (κ1) is 16.1. The Morgan fingerprint density at radius 1 is 1.26 bits per heavy atom. The molecule has 0 saturated heterocycles. The zero-order chi connectivity index (χ0) is 14.3. The zero-order valence-electron chi connectivity index (χ0n) is 11.4. The van der Waals surface area contributed by atoms with Gasteiger partial charge in [-0.25, -0.2) is 4.79 Å². The lowest BCUT2D eigenvalue weighted by Crippen LogP contribution is -2.33. The van der Waals surface area contributed by atoms with Crippen molar-refractivity contribution in [1.29, 1.82) is 0 Å². The number of hydrogen-bond donors (Lipinski definition) is 0. The van der Waals surface area contributed by atoms with Crippen molar-refractivity contribution in [2.75, 3.05) is 11.9 Å². The van der Waals surface area contributed by atoms with Gasteiger partial charge in [0.05, 0.1) is 11.9 Å². The standard InChI is InChI=1S/C13H20BrNO4/c1-3-18-12(17)11(10(16)9-14)15-19-13(2)7-5-4-6-8-13/h3-9H2,1-2H3/b15-11-. The molecule has 1 aliphatic rings. The number of rotatable bonds is 6. The second-order valence-electron chi connectivity index (χ2n) is 4.82. The van der Waals surface area contributed by atoms with E-state index in [0.29, 0.717) is 0 Å². The van der Waals surface area contributed by atoms with Crippen molar-refractivity contribution in [3.05, 3.63) is 0 Å². The van der Waals surface area contributed by atoms with Crippen molar-refractivity contribution >= 4 is 33.4 Å². The average molecular weight is 334 g/mol. The average Bonchev–Trinajstić information content (AvgIpc) is 2.39. The van der Waals surface area contributed by atoms with E-state index in [2.05, 4.69) is 21.1 Å². The molecule has 0 unspecified atom stereocenters. The Morgan fingerprint density at radius 2 is 1.89 bits per heavy atom. The van der Waals surface area contributed by atoms with E-state index in [1.165, 1.54) is 6.42 Å². The van der Waals surface area contributed by atoms with Crippen LogP contribution >= 0.6 is 15.9 Å². The lowest BCUT2D eigenvalue weighted by atomic mass is 9.87. The van der Waals surface area contributed by atoms with Crippen LogP contribution < -0.4 is 0 Å². The molecule has 0 aromatic heterocycles. The largest absolute Gasteiger partial charge is 0.461 e. The number of carbonyl (C=O) groups is 2. The first-order valence-electron chi connectivity index (χ1n) is 6.55. The number of alkyl halides is 1. The van der Waals surface area contributed by atoms with Crippen LogP contribution in [0.3, 0.4) is 0 Å². The molecule has 1 saturated carbocycles. The minimum Gasteiger partial charge on any atom is -0.461 e. The highest BCUT2D eigenvalue weighted by Crippen LogP contribution is 2.31. The number of hydrogen-bond acceptors (Lipinski definition) is 5. The molecule has 1 fully saturated rings. The maximum atomic E-state index is 11.6. The van der Waals surface area contributed by atoms with Crippen molar-refractivity contribution in [2.45, 2.75) is 51.6 Å². The van der Waals surface area contributed by atoms with Gasteiger partial charge < -0.3 is 9.57 Å². The number of nitrogens with zero attached hydrogens (tertiary/aromatic N) is 1. The molecule has 0 amide bonds. The van der Waals surface area contributed by atoms with Gasteiger partial charge >= 0.3 is 5.97 Å². The highest BCUT2D eigenvalue weighted by atomic mass is 79.9. The van der Waals surface area contributed by atoms with E-state index < -0.39 is 11.8 Å². The third-order valence-electron chi connectivity index (χ3n) is 3.12. The van der Waals surface area contributed by atoms with Gasteiger partial charge in [0.1, 0.15) is 5.60 Å². The molecule has 108 valence electrons. The van der Waals surface area contributed by atoms with Gasteiger partial charge in [-0.15, -0.1) is 0 Å². The highest BCUT2D eigenvalue weighted by molar-refractivity contribution is 9.09. The molecule has 19 heavy (non-hydrogen) atoms. The lowest BCUT2D eigenvalue weighted by Gasteiger charge is -2.30. The molecule has 0 spiro atoms. The first-order valence-corrected chi connectivity index (χ1v) is 7.67. The molecule has 0 bridgehead atoms. The Morgan fingerprint density at radius 3 is 2.42 bits per heavy atom. The Hall–Kier alpha value is -0.910. The van der Waals surface area contributed by atoms with Crippen molar-refractivity contribution in [3.63, 3.8) is 0 Å². The minimum absolute atomic E-state index is 0.0186. The second kappa shape index (κ2) is 7.62. The minimum atomic E-state index is -0.730. The fourth-order valence-corrected chi connectivity index (χ4v) is 2.28. The van der Waals surface area contributed by atoms with Crippen LogP contribution in [0, 0.1) is 0 Å². The van der Waals surface area contributed by atoms with E-state index in [9.17, 15) is 9.59 Å². The van der Waals surface area contributed by atoms with Crippen molar-refractivity contribution in [3.8, 4) is 0 Å². The maximum Gasteiger partial charge on any atom is 0.364 e. The summed E-state index contributed by atoms with van der Waals surface area (Å²) < 4.78 is 4.81. The molecule has 0 heterocycles. The Kier molecular flexibility index (Phi) is 6.48. The molecule has 0 aliphatic heterocycles. The quantitative estimate of drug-likeness (QED) is 0.246. The van der Waals surface area contributed by atoms with Gasteiger partial charge in [-0.05, 0) is 39.5 Å². The number of ketones is 1. The van der Waals surface area contributed by atoms with Crippen LogP contribution in [0.2, 0.25) is 0 Å². The van der Waals surface area contributed by atoms with Gasteiger partial charge in [0.25, 0.3) is 0 Å². The van der Waals surface area contributed by atoms with Crippen molar-refractivity contribution < 1.29 is 19.2 Å². The summed E-state index contributed by atoms with van der Waals surface area (Å²) in [4.78, 5) is 28.8. The molecule has 0 aromatic rings. The van der Waals surface area contributed by atoms with E-state index in [1.807, 2.05) is 6.92 Å². The molecule has 0 N–H and O–H groups in total. The van der Waals surface area contributed by atoms with Gasteiger partial charge in [-0.3, -0.25) is 4.79 Å². The molecule has 0 aromatic carbocycles. The number of halogens is 1. The number of Topliss-reactive ketones (excluding diaryl/α,β-unsaturated/α-hetero) is 1. The maximum absolute atomic E-state index is 11.6. The van der Waals surface area contributed by atoms with E-state index >= 15 is 0 Å². The van der Waals surface area contributed by atoms with Crippen molar-refractivity contribution in [2.24, 2.45) is 5.16 Å². The number of esters is 1. The molecule has 0 radical (unpaired) electrons. The molecule has 6 heteroatoms. The second-order valence-corrected chi connectivity index (χ2v) is 5.38. The zero-order valence-corrected chi connectivity index (χ0v) is 13.0. The van der Waals surface area contributed by atoms with Gasteiger partial charge in [0.15, 0.2) is 0 Å². The van der Waals surface area contributed by atoms with Crippen LogP contribution in [0.1, 0.15) is 46.0 Å². The van der Waals surface area contributed by atoms with Gasteiger partial charge in [0, 0.05) is 0 Å². The Labute approximate surface area is 121 Å². The van der Waals surface area contributed by atoms with E-state index in [0.717, 1.165) is 25.7 Å². The molecular formula is C13H20BrNO4. The van der Waals surface area contributed by atoms with Crippen LogP contribution in [-0.4, -0.2) is 35.0 Å². The van der Waals surface area contributed by atoms with E-state index in [1.54, 1.807) is 6.92 Å². The summed E-state index contributed by atoms with van der Waals surface area (Å²) in [6.07, 6.45) is 5.11. The first-order chi connectivity index (χ1) is 9.02. The Bertz CT molecular complexity index is 362. The van der Waals surface area contributed by atoms with Crippen LogP contribution in [0.25, 0.3) is 0 Å². The summed E-state index contributed by atoms with van der Waals surface area (Å²) in [5.74, 6) is -1.16. The van der Waals surface area contributed by atoms with Crippen molar-refractivity contribution in [1.82, 2.24) is 0 Å². The van der Waals surface area contributed by atoms with Crippen LogP contribution in [0.4, 0.5) is 0 Å². The van der Waals surface area contributed by atoms with Gasteiger partial charge in [-0.2, -0.15) is 0 Å². The van der Waals surface area contributed by atoms with E-state index in [4.69, 9.17) is 9.57 Å².